The van der Waals surface area contributed by atoms with Gasteiger partial charge in [-0.2, -0.15) is 0 Å². The Kier molecular flexibility index (Phi) is 8.70. The van der Waals surface area contributed by atoms with Crippen molar-refractivity contribution in [2.75, 3.05) is 7.05 Å². The molecule has 31 heavy (non-hydrogen) atoms. The molecule has 0 heterocycles. The number of aryl methyl sites for hydroxylation is 1. The molecule has 174 valence electrons. The van der Waals surface area contributed by atoms with Gasteiger partial charge in [-0.1, -0.05) is 26.0 Å². The molecule has 0 saturated heterocycles. The van der Waals surface area contributed by atoms with E-state index in [0.717, 1.165) is 37.0 Å². The van der Waals surface area contributed by atoms with Gasteiger partial charge in [0.1, 0.15) is 12.1 Å². The number of nitrogens with two attached hydrogens (primary N) is 1. The van der Waals surface area contributed by atoms with Crippen molar-refractivity contribution < 1.29 is 14.0 Å². The monoisotopic (exact) mass is 451 g/mol. The van der Waals surface area contributed by atoms with E-state index in [1.165, 1.54) is 12.8 Å². The molecule has 1 aromatic rings. The average Bonchev–Trinajstić information content (AvgIpc) is 2.69. The third-order valence-corrected chi connectivity index (χ3v) is 7.88. The minimum atomic E-state index is -0.652. The van der Waals surface area contributed by atoms with E-state index in [-0.39, 0.29) is 17.1 Å². The highest BCUT2D eigenvalue weighted by molar-refractivity contribution is 7.97. The molecule has 4 N–H and O–H groups in total. The molecule has 0 aromatic heterocycles. The first-order valence-electron chi connectivity index (χ1n) is 11.0. The average molecular weight is 452 g/mol. The van der Waals surface area contributed by atoms with Gasteiger partial charge in [0.05, 0.1) is 10.4 Å². The van der Waals surface area contributed by atoms with Crippen LogP contribution in [0.5, 0.6) is 0 Å². The summed E-state index contributed by atoms with van der Waals surface area (Å²) in [7, 11) is 2.04. The minimum Gasteiger partial charge on any atom is -0.369 e. The van der Waals surface area contributed by atoms with E-state index in [0.29, 0.717) is 28.3 Å². The quantitative estimate of drug-likeness (QED) is 0.445. The molecular formula is C24H38FN3O2S. The number of amides is 1. The Morgan fingerprint density at radius 1 is 1.32 bits per heavy atom. The number of carbonyl (C=O) groups excluding carboxylic acids is 2. The van der Waals surface area contributed by atoms with Crippen LogP contribution in [0.15, 0.2) is 23.1 Å². The zero-order valence-corrected chi connectivity index (χ0v) is 20.4. The van der Waals surface area contributed by atoms with Crippen LogP contribution in [0.25, 0.3) is 0 Å². The molecule has 2 aliphatic carbocycles. The third kappa shape index (κ3) is 6.53. The maximum Gasteiger partial charge on any atom is 0.223 e. The summed E-state index contributed by atoms with van der Waals surface area (Å²) in [6, 6.07) is 5.75. The van der Waals surface area contributed by atoms with Crippen LogP contribution < -0.4 is 15.8 Å². The first-order chi connectivity index (χ1) is 14.4. The Labute approximate surface area is 190 Å². The minimum absolute atomic E-state index is 0.105. The fourth-order valence-corrected chi connectivity index (χ4v) is 5.93. The Balaban J connectivity index is 0.000000221. The number of rotatable bonds is 6. The van der Waals surface area contributed by atoms with Gasteiger partial charge in [-0.15, -0.1) is 0 Å². The lowest BCUT2D eigenvalue weighted by atomic mass is 9.57. The van der Waals surface area contributed by atoms with Crippen LogP contribution in [0.4, 0.5) is 4.39 Å². The van der Waals surface area contributed by atoms with E-state index in [9.17, 15) is 14.0 Å². The van der Waals surface area contributed by atoms with E-state index in [1.54, 1.807) is 39.0 Å². The van der Waals surface area contributed by atoms with Gasteiger partial charge in [0, 0.05) is 11.5 Å². The van der Waals surface area contributed by atoms with Crippen LogP contribution in [-0.2, 0) is 9.59 Å². The predicted octanol–water partition coefficient (Wildman–Crippen LogP) is 4.23. The molecule has 2 aliphatic rings. The maximum absolute atomic E-state index is 13.5. The van der Waals surface area contributed by atoms with E-state index >= 15 is 0 Å². The second-order valence-electron chi connectivity index (χ2n) is 10.2. The number of hydrogen-bond acceptors (Lipinski definition) is 5. The normalized spacial score (nSPS) is 30.2. The van der Waals surface area contributed by atoms with Gasteiger partial charge in [-0.25, -0.2) is 9.11 Å². The van der Waals surface area contributed by atoms with Gasteiger partial charge in [-0.3, -0.25) is 4.79 Å². The van der Waals surface area contributed by atoms with Crippen molar-refractivity contribution in [2.45, 2.75) is 76.8 Å². The second-order valence-corrected chi connectivity index (χ2v) is 11.0. The van der Waals surface area contributed by atoms with Crippen molar-refractivity contribution in [1.82, 2.24) is 10.0 Å². The van der Waals surface area contributed by atoms with Crippen LogP contribution in [0.3, 0.4) is 0 Å². The Bertz CT molecular complexity index is 786. The van der Waals surface area contributed by atoms with Gasteiger partial charge in [0.25, 0.3) is 0 Å². The molecule has 3 rings (SSSR count). The van der Waals surface area contributed by atoms with Crippen LogP contribution in [0.2, 0.25) is 0 Å². The third-order valence-electron chi connectivity index (χ3n) is 6.72. The number of halogens is 1. The highest BCUT2D eigenvalue weighted by atomic mass is 32.2. The summed E-state index contributed by atoms with van der Waals surface area (Å²) < 4.78 is 16.4. The molecule has 2 fully saturated rings. The fraction of sp³-hybridized carbons (Fsp3) is 0.667. The van der Waals surface area contributed by atoms with Crippen molar-refractivity contribution in [3.63, 3.8) is 0 Å². The number of benzene rings is 1. The molecule has 5 nitrogen and oxygen atoms in total. The van der Waals surface area contributed by atoms with E-state index in [4.69, 9.17) is 5.73 Å². The topological polar surface area (TPSA) is 84.2 Å². The van der Waals surface area contributed by atoms with E-state index < -0.39 is 5.54 Å². The zero-order chi connectivity index (χ0) is 23.4. The number of aldehydes is 1. The van der Waals surface area contributed by atoms with Crippen molar-refractivity contribution in [1.29, 1.82) is 0 Å². The van der Waals surface area contributed by atoms with Crippen LogP contribution in [0, 0.1) is 35.9 Å². The number of carbonyl (C=O) groups is 2. The van der Waals surface area contributed by atoms with Crippen LogP contribution in [0.1, 0.15) is 58.9 Å². The standard InChI is InChI=1S/C13H24N2O.C11H14FNOS/c1-8-4-9-5-10(11(8)15-3)7-13(2,6-9)12(14)16;1-8-5-4-6-9(10(8)12)15-13-11(2,3)7-14/h8-11,15H,4-7H2,1-3H3,(H2,14,16);4-7,13H,1-3H3. The molecule has 0 radical (unpaired) electrons. The summed E-state index contributed by atoms with van der Waals surface area (Å²) in [6.07, 6.45) is 5.28. The first-order valence-corrected chi connectivity index (χ1v) is 11.9. The highest BCUT2D eigenvalue weighted by Gasteiger charge is 2.47. The molecule has 2 bridgehead atoms. The second kappa shape index (κ2) is 10.5. The maximum atomic E-state index is 13.5. The largest absolute Gasteiger partial charge is 0.369 e. The predicted molar refractivity (Wildman–Crippen MR) is 125 cm³/mol. The number of primary amides is 1. The van der Waals surface area contributed by atoms with Gasteiger partial charge in [-0.05, 0) is 94.8 Å². The molecule has 7 heteroatoms. The number of nitrogens with one attached hydrogen (secondary N) is 2. The molecular weight excluding hydrogens is 413 g/mol. The molecule has 1 amide bonds. The summed E-state index contributed by atoms with van der Waals surface area (Å²) >= 11 is 1.14. The van der Waals surface area contributed by atoms with Crippen molar-refractivity contribution in [3.05, 3.63) is 29.6 Å². The molecule has 0 spiro atoms. The van der Waals surface area contributed by atoms with E-state index in [1.807, 2.05) is 7.05 Å². The van der Waals surface area contributed by atoms with Crippen molar-refractivity contribution in [3.8, 4) is 0 Å². The van der Waals surface area contributed by atoms with Gasteiger partial charge in [0.2, 0.25) is 5.91 Å². The lowest BCUT2D eigenvalue weighted by molar-refractivity contribution is -0.132. The van der Waals surface area contributed by atoms with E-state index in [2.05, 4.69) is 23.9 Å². The fourth-order valence-electron chi connectivity index (χ4n) is 5.12. The van der Waals surface area contributed by atoms with Crippen LogP contribution in [-0.4, -0.2) is 30.8 Å². The molecule has 5 atom stereocenters. The molecule has 2 saturated carbocycles. The zero-order valence-electron chi connectivity index (χ0n) is 19.6. The molecule has 1 aromatic carbocycles. The Hall–Kier alpha value is -1.44. The Morgan fingerprint density at radius 3 is 2.58 bits per heavy atom. The van der Waals surface area contributed by atoms with Crippen molar-refractivity contribution >= 4 is 24.1 Å². The van der Waals surface area contributed by atoms with Gasteiger partial charge >= 0.3 is 0 Å². The first kappa shape index (κ1) is 25.8. The van der Waals surface area contributed by atoms with Crippen molar-refractivity contribution in [2.24, 2.45) is 28.9 Å². The SMILES string of the molecule is CNC1C(C)CC2CC1CC(C)(C(N)=O)C2.Cc1cccc(SNC(C)(C)C=O)c1F. The van der Waals surface area contributed by atoms with Crippen LogP contribution >= 0.6 is 11.9 Å². The summed E-state index contributed by atoms with van der Waals surface area (Å²) in [5.74, 6) is 1.72. The Morgan fingerprint density at radius 2 is 2.00 bits per heavy atom. The molecule has 0 aliphatic heterocycles. The van der Waals surface area contributed by atoms with Gasteiger partial charge in [0.15, 0.2) is 0 Å². The summed E-state index contributed by atoms with van der Waals surface area (Å²) in [6.45, 7) is 9.57. The number of hydrogen-bond donors (Lipinski definition) is 3. The summed E-state index contributed by atoms with van der Waals surface area (Å²) in [4.78, 5) is 22.7. The lowest BCUT2D eigenvalue weighted by Gasteiger charge is -2.49. The number of fused-ring (bicyclic) bond motifs is 2. The smallest absolute Gasteiger partial charge is 0.223 e. The lowest BCUT2D eigenvalue weighted by Crippen LogP contribution is -2.52. The highest BCUT2D eigenvalue weighted by Crippen LogP contribution is 2.50. The summed E-state index contributed by atoms with van der Waals surface area (Å²) in [5, 5.41) is 3.43. The van der Waals surface area contributed by atoms with Gasteiger partial charge < -0.3 is 15.8 Å². The summed E-state index contributed by atoms with van der Waals surface area (Å²) in [5.41, 5.74) is 5.26. The molecule has 5 unspecified atom stereocenters.